The van der Waals surface area contributed by atoms with Gasteiger partial charge in [0.2, 0.25) is 0 Å². The van der Waals surface area contributed by atoms with E-state index in [1.165, 1.54) is 14.2 Å². The first-order chi connectivity index (χ1) is 6.69. The van der Waals surface area contributed by atoms with Gasteiger partial charge in [-0.15, -0.1) is 0 Å². The number of ether oxygens (including phenoxy) is 2. The van der Waals surface area contributed by atoms with E-state index < -0.39 is 0 Å². The zero-order chi connectivity index (χ0) is 10.6. The summed E-state index contributed by atoms with van der Waals surface area (Å²) in [5.74, 6) is 0.261. The third kappa shape index (κ3) is 2.16. The van der Waals surface area contributed by atoms with Crippen molar-refractivity contribution in [2.45, 2.75) is 6.42 Å². The van der Waals surface area contributed by atoms with Crippen molar-refractivity contribution in [2.75, 3.05) is 20.0 Å². The van der Waals surface area contributed by atoms with Crippen molar-refractivity contribution in [2.24, 2.45) is 0 Å². The minimum Gasteiger partial charge on any atom is -0.495 e. The Hall–Kier alpha value is -1.71. The van der Waals surface area contributed by atoms with Gasteiger partial charge in [0.15, 0.2) is 0 Å². The predicted molar refractivity (Wildman–Crippen MR) is 53.1 cm³/mol. The average Bonchev–Trinajstić information content (AvgIpc) is 2.21. The zero-order valence-corrected chi connectivity index (χ0v) is 8.24. The van der Waals surface area contributed by atoms with Crippen LogP contribution in [0.2, 0.25) is 0 Å². The van der Waals surface area contributed by atoms with E-state index in [1.807, 2.05) is 0 Å². The number of benzene rings is 1. The third-order valence-electron chi connectivity index (χ3n) is 1.94. The van der Waals surface area contributed by atoms with Crippen molar-refractivity contribution in [3.63, 3.8) is 0 Å². The molecule has 4 nitrogen and oxygen atoms in total. The van der Waals surface area contributed by atoms with Gasteiger partial charge in [-0.3, -0.25) is 4.79 Å². The van der Waals surface area contributed by atoms with E-state index in [-0.39, 0.29) is 12.4 Å². The fourth-order valence-electron chi connectivity index (χ4n) is 1.15. The number of nitrogens with two attached hydrogens (primary N) is 1. The first kappa shape index (κ1) is 10.4. The van der Waals surface area contributed by atoms with Crippen LogP contribution in [0.25, 0.3) is 0 Å². The largest absolute Gasteiger partial charge is 0.495 e. The molecule has 2 N–H and O–H groups in total. The van der Waals surface area contributed by atoms with Gasteiger partial charge in [0, 0.05) is 0 Å². The highest BCUT2D eigenvalue weighted by molar-refractivity contribution is 5.76. The molecule has 0 heterocycles. The number of rotatable bonds is 3. The first-order valence-electron chi connectivity index (χ1n) is 4.17. The molecule has 0 radical (unpaired) electrons. The van der Waals surface area contributed by atoms with Crippen LogP contribution in [-0.4, -0.2) is 20.2 Å². The Morgan fingerprint density at radius 1 is 1.43 bits per heavy atom. The van der Waals surface area contributed by atoms with Crippen molar-refractivity contribution in [3.8, 4) is 5.75 Å². The highest BCUT2D eigenvalue weighted by Gasteiger charge is 2.09. The Morgan fingerprint density at radius 3 is 2.71 bits per heavy atom. The van der Waals surface area contributed by atoms with Gasteiger partial charge in [-0.1, -0.05) is 12.1 Å². The predicted octanol–water partition coefficient (Wildman–Crippen LogP) is 0.993. The van der Waals surface area contributed by atoms with Crippen LogP contribution in [0.3, 0.4) is 0 Å². The van der Waals surface area contributed by atoms with Gasteiger partial charge in [-0.05, 0) is 11.6 Å². The maximum atomic E-state index is 11.0. The van der Waals surface area contributed by atoms with E-state index >= 15 is 0 Å². The second kappa shape index (κ2) is 4.50. The van der Waals surface area contributed by atoms with Gasteiger partial charge in [0.25, 0.3) is 0 Å². The fraction of sp³-hybridized carbons (Fsp3) is 0.300. The Kier molecular flexibility index (Phi) is 3.34. The lowest BCUT2D eigenvalue weighted by Gasteiger charge is -2.08. The van der Waals surface area contributed by atoms with E-state index in [0.29, 0.717) is 11.4 Å². The van der Waals surface area contributed by atoms with Crippen LogP contribution in [0, 0.1) is 0 Å². The normalized spacial score (nSPS) is 9.57. The Labute approximate surface area is 82.6 Å². The molecule has 0 aliphatic heterocycles. The molecule has 1 rings (SSSR count). The van der Waals surface area contributed by atoms with Gasteiger partial charge in [-0.25, -0.2) is 0 Å². The zero-order valence-electron chi connectivity index (χ0n) is 8.24. The molecule has 0 aromatic heterocycles. The SMILES string of the molecule is COC(=O)Cc1cccc(OC)c1N. The summed E-state index contributed by atoms with van der Waals surface area (Å²) in [6, 6.07) is 5.30. The highest BCUT2D eigenvalue weighted by atomic mass is 16.5. The highest BCUT2D eigenvalue weighted by Crippen LogP contribution is 2.24. The Balaban J connectivity index is 2.92. The summed E-state index contributed by atoms with van der Waals surface area (Å²) in [5, 5.41) is 0. The Bertz CT molecular complexity index is 336. The lowest BCUT2D eigenvalue weighted by atomic mass is 10.1. The second-order valence-electron chi connectivity index (χ2n) is 2.79. The van der Waals surface area contributed by atoms with Gasteiger partial charge < -0.3 is 15.2 Å². The van der Waals surface area contributed by atoms with Crippen LogP contribution >= 0.6 is 0 Å². The van der Waals surface area contributed by atoms with Crippen LogP contribution in [0.15, 0.2) is 18.2 Å². The van der Waals surface area contributed by atoms with Crippen molar-refractivity contribution in [1.29, 1.82) is 0 Å². The first-order valence-corrected chi connectivity index (χ1v) is 4.17. The van der Waals surface area contributed by atoms with Gasteiger partial charge in [0.05, 0.1) is 26.3 Å². The second-order valence-corrected chi connectivity index (χ2v) is 2.79. The molecule has 0 bridgehead atoms. The van der Waals surface area contributed by atoms with Crippen molar-refractivity contribution in [3.05, 3.63) is 23.8 Å². The van der Waals surface area contributed by atoms with Crippen LogP contribution in [-0.2, 0) is 16.0 Å². The van der Waals surface area contributed by atoms with E-state index in [4.69, 9.17) is 10.5 Å². The van der Waals surface area contributed by atoms with E-state index in [9.17, 15) is 4.79 Å². The fourth-order valence-corrected chi connectivity index (χ4v) is 1.15. The molecule has 0 atom stereocenters. The Morgan fingerprint density at radius 2 is 2.14 bits per heavy atom. The minimum absolute atomic E-state index is 0.166. The summed E-state index contributed by atoms with van der Waals surface area (Å²) in [5.41, 5.74) is 6.97. The molecule has 76 valence electrons. The van der Waals surface area contributed by atoms with Crippen molar-refractivity contribution >= 4 is 11.7 Å². The maximum absolute atomic E-state index is 11.0. The summed E-state index contributed by atoms with van der Waals surface area (Å²) in [4.78, 5) is 11.0. The number of anilines is 1. The number of esters is 1. The standard InChI is InChI=1S/C10H13NO3/c1-13-8-5-3-4-7(10(8)11)6-9(12)14-2/h3-5H,6,11H2,1-2H3. The molecular formula is C10H13NO3. The maximum Gasteiger partial charge on any atom is 0.310 e. The molecule has 14 heavy (non-hydrogen) atoms. The smallest absolute Gasteiger partial charge is 0.310 e. The number of para-hydroxylation sites is 1. The number of hydrogen-bond acceptors (Lipinski definition) is 4. The summed E-state index contributed by atoms with van der Waals surface area (Å²) >= 11 is 0. The molecule has 0 unspecified atom stereocenters. The van der Waals surface area contributed by atoms with E-state index in [2.05, 4.69) is 4.74 Å². The van der Waals surface area contributed by atoms with Gasteiger partial charge in [0.1, 0.15) is 5.75 Å². The van der Waals surface area contributed by atoms with Crippen molar-refractivity contribution in [1.82, 2.24) is 0 Å². The molecule has 4 heteroatoms. The summed E-state index contributed by atoms with van der Waals surface area (Å²) in [6.07, 6.45) is 0.166. The third-order valence-corrected chi connectivity index (χ3v) is 1.94. The van der Waals surface area contributed by atoms with E-state index in [1.54, 1.807) is 18.2 Å². The van der Waals surface area contributed by atoms with Gasteiger partial charge in [-0.2, -0.15) is 0 Å². The molecule has 1 aromatic rings. The molecule has 1 aromatic carbocycles. The molecule has 0 aliphatic rings. The summed E-state index contributed by atoms with van der Waals surface area (Å²) < 4.78 is 9.57. The minimum atomic E-state index is -0.315. The van der Waals surface area contributed by atoms with Crippen LogP contribution in [0.5, 0.6) is 5.75 Å². The number of nitrogen functional groups attached to an aromatic ring is 1. The van der Waals surface area contributed by atoms with Crippen LogP contribution < -0.4 is 10.5 Å². The molecule has 0 spiro atoms. The lowest BCUT2D eigenvalue weighted by molar-refractivity contribution is -0.139. The number of carbonyl (C=O) groups excluding carboxylic acids is 1. The van der Waals surface area contributed by atoms with Crippen LogP contribution in [0.1, 0.15) is 5.56 Å². The molecule has 0 amide bonds. The monoisotopic (exact) mass is 195 g/mol. The topological polar surface area (TPSA) is 61.5 Å². The quantitative estimate of drug-likeness (QED) is 0.577. The number of hydrogen-bond donors (Lipinski definition) is 1. The molecule has 0 aliphatic carbocycles. The van der Waals surface area contributed by atoms with Crippen molar-refractivity contribution < 1.29 is 14.3 Å². The molecule has 0 saturated heterocycles. The molecule has 0 fully saturated rings. The van der Waals surface area contributed by atoms with Crippen LogP contribution in [0.4, 0.5) is 5.69 Å². The molecule has 0 saturated carbocycles. The average molecular weight is 195 g/mol. The summed E-state index contributed by atoms with van der Waals surface area (Å²) in [7, 11) is 2.88. The van der Waals surface area contributed by atoms with E-state index in [0.717, 1.165) is 5.56 Å². The molecular weight excluding hydrogens is 182 g/mol. The number of carbonyl (C=O) groups is 1. The summed E-state index contributed by atoms with van der Waals surface area (Å²) in [6.45, 7) is 0. The lowest BCUT2D eigenvalue weighted by Crippen LogP contribution is -2.07. The van der Waals surface area contributed by atoms with Gasteiger partial charge >= 0.3 is 5.97 Å². The number of methoxy groups -OCH3 is 2.